The van der Waals surface area contributed by atoms with Crippen LogP contribution in [0.3, 0.4) is 0 Å². The maximum absolute atomic E-state index is 10.7. The minimum atomic E-state index is -0.786. The highest BCUT2D eigenvalue weighted by atomic mass is 16.4. The monoisotopic (exact) mass is 171 g/mol. The van der Waals surface area contributed by atoms with Crippen LogP contribution in [0.2, 0.25) is 0 Å². The molecule has 3 nitrogen and oxygen atoms in total. The molecule has 2 unspecified atom stereocenters. The molecular formula is C9H17NO2. The summed E-state index contributed by atoms with van der Waals surface area (Å²) in [7, 11) is 0. The Labute approximate surface area is 73.5 Å². The normalized spacial score (nSPS) is 15.2. The van der Waals surface area contributed by atoms with Crippen LogP contribution in [-0.4, -0.2) is 23.7 Å². The number of aliphatic carboxylic acids is 1. The molecule has 0 heterocycles. The van der Waals surface area contributed by atoms with Crippen LogP contribution in [0.1, 0.15) is 20.3 Å². The predicted molar refractivity (Wildman–Crippen MR) is 49.1 cm³/mol. The third-order valence-corrected chi connectivity index (χ3v) is 1.96. The Morgan fingerprint density at radius 3 is 2.67 bits per heavy atom. The van der Waals surface area contributed by atoms with Crippen LogP contribution in [-0.2, 0) is 4.79 Å². The lowest BCUT2D eigenvalue weighted by Gasteiger charge is -2.18. The molecule has 3 heteroatoms. The van der Waals surface area contributed by atoms with Crippen molar-refractivity contribution in [1.82, 2.24) is 5.32 Å². The summed E-state index contributed by atoms with van der Waals surface area (Å²) in [4.78, 5) is 10.7. The number of carbonyl (C=O) groups is 1. The van der Waals surface area contributed by atoms with Gasteiger partial charge in [0.15, 0.2) is 0 Å². The van der Waals surface area contributed by atoms with E-state index in [-0.39, 0.29) is 5.92 Å². The molecule has 0 spiro atoms. The summed E-state index contributed by atoms with van der Waals surface area (Å²) in [6.07, 6.45) is 2.53. The molecule has 70 valence electrons. The Kier molecular flexibility index (Phi) is 5.37. The third-order valence-electron chi connectivity index (χ3n) is 1.96. The topological polar surface area (TPSA) is 49.3 Å². The van der Waals surface area contributed by atoms with Gasteiger partial charge in [0.25, 0.3) is 0 Å². The van der Waals surface area contributed by atoms with Crippen LogP contribution < -0.4 is 5.32 Å². The summed E-state index contributed by atoms with van der Waals surface area (Å²) in [5.41, 5.74) is 0. The van der Waals surface area contributed by atoms with Crippen LogP contribution in [0, 0.1) is 5.92 Å². The predicted octanol–water partition coefficient (Wildman–Crippen LogP) is 1.26. The number of carboxylic acids is 1. The van der Waals surface area contributed by atoms with Crippen molar-refractivity contribution in [2.45, 2.75) is 26.3 Å². The van der Waals surface area contributed by atoms with Crippen molar-refractivity contribution in [3.05, 3.63) is 12.7 Å². The fourth-order valence-electron chi connectivity index (χ4n) is 0.978. The molecule has 2 N–H and O–H groups in total. The highest BCUT2D eigenvalue weighted by molar-refractivity contribution is 5.73. The average molecular weight is 171 g/mol. The summed E-state index contributed by atoms with van der Waals surface area (Å²) >= 11 is 0. The van der Waals surface area contributed by atoms with Gasteiger partial charge in [-0.25, -0.2) is 0 Å². The van der Waals surface area contributed by atoms with Crippen LogP contribution in [0.25, 0.3) is 0 Å². The molecule has 2 atom stereocenters. The lowest BCUT2D eigenvalue weighted by atomic mass is 9.99. The van der Waals surface area contributed by atoms with Crippen molar-refractivity contribution in [1.29, 1.82) is 0 Å². The summed E-state index contributed by atoms with van der Waals surface area (Å²) in [5, 5.41) is 11.7. The van der Waals surface area contributed by atoms with Gasteiger partial charge in [-0.15, -0.1) is 6.58 Å². The number of carboxylic acid groups (broad SMARTS) is 1. The van der Waals surface area contributed by atoms with Gasteiger partial charge in [-0.2, -0.15) is 0 Å². The molecule has 0 bridgehead atoms. The fourth-order valence-corrected chi connectivity index (χ4v) is 0.978. The first-order valence-electron chi connectivity index (χ1n) is 4.20. The minimum Gasteiger partial charge on any atom is -0.480 e. The zero-order valence-electron chi connectivity index (χ0n) is 7.71. The third kappa shape index (κ3) is 3.53. The zero-order valence-corrected chi connectivity index (χ0v) is 7.71. The quantitative estimate of drug-likeness (QED) is 0.591. The van der Waals surface area contributed by atoms with Gasteiger partial charge >= 0.3 is 5.97 Å². The van der Waals surface area contributed by atoms with Gasteiger partial charge in [0.1, 0.15) is 6.04 Å². The van der Waals surface area contributed by atoms with E-state index in [0.29, 0.717) is 6.54 Å². The second-order valence-corrected chi connectivity index (χ2v) is 2.90. The van der Waals surface area contributed by atoms with E-state index in [1.54, 1.807) is 6.08 Å². The van der Waals surface area contributed by atoms with Gasteiger partial charge in [-0.3, -0.25) is 4.79 Å². The maximum Gasteiger partial charge on any atom is 0.320 e. The Morgan fingerprint density at radius 1 is 1.75 bits per heavy atom. The van der Waals surface area contributed by atoms with E-state index in [9.17, 15) is 4.79 Å². The van der Waals surface area contributed by atoms with E-state index in [1.807, 2.05) is 13.8 Å². The number of hydrogen-bond donors (Lipinski definition) is 2. The van der Waals surface area contributed by atoms with Gasteiger partial charge in [-0.05, 0) is 5.92 Å². The van der Waals surface area contributed by atoms with Crippen molar-refractivity contribution < 1.29 is 9.90 Å². The smallest absolute Gasteiger partial charge is 0.320 e. The molecule has 0 fully saturated rings. The lowest BCUT2D eigenvalue weighted by Crippen LogP contribution is -2.41. The second-order valence-electron chi connectivity index (χ2n) is 2.90. The zero-order chi connectivity index (χ0) is 9.56. The van der Waals surface area contributed by atoms with Crippen molar-refractivity contribution in [2.75, 3.05) is 6.54 Å². The standard InChI is InChI=1S/C9H17NO2/c1-4-6-10-8(9(11)12)7(3)5-2/h4,7-8,10H,1,5-6H2,2-3H3,(H,11,12). The molecule has 0 aromatic rings. The number of hydrogen-bond acceptors (Lipinski definition) is 2. The minimum absolute atomic E-state index is 0.155. The molecule has 0 radical (unpaired) electrons. The highest BCUT2D eigenvalue weighted by Gasteiger charge is 2.21. The second kappa shape index (κ2) is 5.77. The first kappa shape index (κ1) is 11.2. The van der Waals surface area contributed by atoms with E-state index in [4.69, 9.17) is 5.11 Å². The van der Waals surface area contributed by atoms with E-state index >= 15 is 0 Å². The first-order valence-corrected chi connectivity index (χ1v) is 4.20. The lowest BCUT2D eigenvalue weighted by molar-refractivity contribution is -0.140. The van der Waals surface area contributed by atoms with E-state index in [0.717, 1.165) is 6.42 Å². The van der Waals surface area contributed by atoms with Crippen LogP contribution in [0.4, 0.5) is 0 Å². The van der Waals surface area contributed by atoms with Crippen molar-refractivity contribution >= 4 is 5.97 Å². The van der Waals surface area contributed by atoms with Gasteiger partial charge in [0.2, 0.25) is 0 Å². The largest absolute Gasteiger partial charge is 0.480 e. The molecular weight excluding hydrogens is 154 g/mol. The summed E-state index contributed by atoms with van der Waals surface area (Å²) in [6.45, 7) is 7.97. The fraction of sp³-hybridized carbons (Fsp3) is 0.667. The Hall–Kier alpha value is -0.830. The Balaban J connectivity index is 4.02. The van der Waals surface area contributed by atoms with E-state index in [2.05, 4.69) is 11.9 Å². The van der Waals surface area contributed by atoms with Crippen LogP contribution >= 0.6 is 0 Å². The molecule has 0 aromatic carbocycles. The first-order chi connectivity index (χ1) is 5.63. The summed E-state index contributed by atoms with van der Waals surface area (Å²) < 4.78 is 0. The molecule has 0 saturated carbocycles. The molecule has 0 saturated heterocycles. The highest BCUT2D eigenvalue weighted by Crippen LogP contribution is 2.07. The van der Waals surface area contributed by atoms with Crippen molar-refractivity contribution in [2.24, 2.45) is 5.92 Å². The molecule has 0 aliphatic rings. The molecule has 0 aromatic heterocycles. The van der Waals surface area contributed by atoms with Crippen LogP contribution in [0.15, 0.2) is 12.7 Å². The number of rotatable bonds is 6. The van der Waals surface area contributed by atoms with Crippen LogP contribution in [0.5, 0.6) is 0 Å². The van der Waals surface area contributed by atoms with E-state index < -0.39 is 12.0 Å². The molecule has 0 aliphatic carbocycles. The van der Waals surface area contributed by atoms with Gasteiger partial charge in [-0.1, -0.05) is 26.3 Å². The molecule has 12 heavy (non-hydrogen) atoms. The van der Waals surface area contributed by atoms with Crippen molar-refractivity contribution in [3.8, 4) is 0 Å². The van der Waals surface area contributed by atoms with E-state index in [1.165, 1.54) is 0 Å². The van der Waals surface area contributed by atoms with Gasteiger partial charge in [0.05, 0.1) is 0 Å². The average Bonchev–Trinajstić information content (AvgIpc) is 2.04. The maximum atomic E-state index is 10.7. The SMILES string of the molecule is C=CCNC(C(=O)O)C(C)CC. The Bertz CT molecular complexity index is 157. The van der Waals surface area contributed by atoms with Gasteiger partial charge < -0.3 is 10.4 Å². The van der Waals surface area contributed by atoms with Gasteiger partial charge in [0, 0.05) is 6.54 Å². The number of nitrogens with one attached hydrogen (secondary N) is 1. The summed E-state index contributed by atoms with van der Waals surface area (Å²) in [5.74, 6) is -0.631. The molecule has 0 rings (SSSR count). The molecule has 0 aliphatic heterocycles. The van der Waals surface area contributed by atoms with Crippen molar-refractivity contribution in [3.63, 3.8) is 0 Å². The summed E-state index contributed by atoms with van der Waals surface area (Å²) in [6, 6.07) is -0.451. The molecule has 0 amide bonds. The Morgan fingerprint density at radius 2 is 2.33 bits per heavy atom.